The highest BCUT2D eigenvalue weighted by atomic mass is 19.1. The van der Waals surface area contributed by atoms with Crippen molar-refractivity contribution >= 4 is 5.69 Å². The van der Waals surface area contributed by atoms with Crippen molar-refractivity contribution in [1.82, 2.24) is 0 Å². The van der Waals surface area contributed by atoms with Crippen LogP contribution in [-0.4, -0.2) is 16.6 Å². The van der Waals surface area contributed by atoms with Crippen molar-refractivity contribution in [2.24, 2.45) is 5.73 Å². The van der Waals surface area contributed by atoms with Crippen LogP contribution in [-0.2, 0) is 0 Å². The Bertz CT molecular complexity index is 356. The molecule has 1 unspecified atom stereocenters. The van der Waals surface area contributed by atoms with Crippen LogP contribution < -0.4 is 5.73 Å². The van der Waals surface area contributed by atoms with Crippen LogP contribution in [0.15, 0.2) is 18.2 Å². The summed E-state index contributed by atoms with van der Waals surface area (Å²) >= 11 is 0. The minimum Gasteiger partial charge on any atom is -0.394 e. The van der Waals surface area contributed by atoms with E-state index in [4.69, 9.17) is 10.8 Å². The Balaban J connectivity index is 3.20. The number of nitrogens with two attached hydrogens (primary N) is 1. The van der Waals surface area contributed by atoms with Crippen LogP contribution in [0, 0.1) is 15.9 Å². The van der Waals surface area contributed by atoms with Gasteiger partial charge in [0.25, 0.3) is 0 Å². The Hall–Kier alpha value is -1.53. The molecule has 0 aliphatic rings. The molecule has 0 radical (unpaired) electrons. The summed E-state index contributed by atoms with van der Waals surface area (Å²) < 4.78 is 13.3. The molecular weight excluding hydrogens is 191 g/mol. The van der Waals surface area contributed by atoms with Gasteiger partial charge in [0.2, 0.25) is 5.82 Å². The molecule has 0 aliphatic heterocycles. The van der Waals surface area contributed by atoms with Gasteiger partial charge in [-0.15, -0.1) is 0 Å². The lowest BCUT2D eigenvalue weighted by Crippen LogP contribution is -2.16. The highest BCUT2D eigenvalue weighted by Crippen LogP contribution is 2.23. The maximum atomic E-state index is 13.3. The standard InChI is InChI=1S/C8H9FN2O3/c9-8-5(6(10)4-12)2-1-3-7(8)11(13)14/h1-3,6,12H,4,10H2. The van der Waals surface area contributed by atoms with E-state index in [2.05, 4.69) is 0 Å². The maximum Gasteiger partial charge on any atom is 0.305 e. The predicted octanol–water partition coefficient (Wildman–Crippen LogP) is 0.726. The number of halogens is 1. The molecule has 14 heavy (non-hydrogen) atoms. The van der Waals surface area contributed by atoms with Crippen LogP contribution >= 0.6 is 0 Å². The monoisotopic (exact) mass is 200 g/mol. The van der Waals surface area contributed by atoms with Gasteiger partial charge in [-0.1, -0.05) is 12.1 Å². The third-order valence-corrected chi connectivity index (χ3v) is 1.80. The van der Waals surface area contributed by atoms with Crippen molar-refractivity contribution < 1.29 is 14.4 Å². The topological polar surface area (TPSA) is 89.4 Å². The Kier molecular flexibility index (Phi) is 3.10. The maximum absolute atomic E-state index is 13.3. The summed E-state index contributed by atoms with van der Waals surface area (Å²) in [5.74, 6) is -0.987. The molecule has 5 nitrogen and oxygen atoms in total. The number of rotatable bonds is 3. The van der Waals surface area contributed by atoms with Gasteiger partial charge >= 0.3 is 5.69 Å². The van der Waals surface area contributed by atoms with Crippen LogP contribution in [0.25, 0.3) is 0 Å². The fraction of sp³-hybridized carbons (Fsp3) is 0.250. The van der Waals surface area contributed by atoms with E-state index in [-0.39, 0.29) is 5.56 Å². The summed E-state index contributed by atoms with van der Waals surface area (Å²) in [7, 11) is 0. The normalized spacial score (nSPS) is 12.5. The van der Waals surface area contributed by atoms with Gasteiger partial charge in [0.05, 0.1) is 17.6 Å². The zero-order chi connectivity index (χ0) is 10.7. The average Bonchev–Trinajstić information content (AvgIpc) is 2.16. The van der Waals surface area contributed by atoms with Crippen LogP contribution in [0.5, 0.6) is 0 Å². The Morgan fingerprint density at radius 3 is 2.79 bits per heavy atom. The Morgan fingerprint density at radius 2 is 2.29 bits per heavy atom. The van der Waals surface area contributed by atoms with Gasteiger partial charge in [-0.3, -0.25) is 10.1 Å². The molecule has 6 heteroatoms. The lowest BCUT2D eigenvalue weighted by molar-refractivity contribution is -0.387. The quantitative estimate of drug-likeness (QED) is 0.555. The first-order chi connectivity index (χ1) is 6.57. The molecular formula is C8H9FN2O3. The lowest BCUT2D eigenvalue weighted by atomic mass is 10.1. The first-order valence-electron chi connectivity index (χ1n) is 3.87. The molecule has 0 spiro atoms. The molecule has 0 saturated carbocycles. The second-order valence-corrected chi connectivity index (χ2v) is 2.73. The molecule has 76 valence electrons. The van der Waals surface area contributed by atoms with Crippen LogP contribution in [0.4, 0.5) is 10.1 Å². The molecule has 0 heterocycles. The Labute approximate surface area is 79.1 Å². The largest absolute Gasteiger partial charge is 0.394 e. The van der Waals surface area contributed by atoms with Gasteiger partial charge in [-0.25, -0.2) is 0 Å². The molecule has 0 aromatic heterocycles. The van der Waals surface area contributed by atoms with Crippen molar-refractivity contribution in [3.05, 3.63) is 39.7 Å². The summed E-state index contributed by atoms with van der Waals surface area (Å²) in [5.41, 5.74) is 4.66. The van der Waals surface area contributed by atoms with E-state index in [0.717, 1.165) is 6.07 Å². The third-order valence-electron chi connectivity index (χ3n) is 1.80. The van der Waals surface area contributed by atoms with Crippen LogP contribution in [0.1, 0.15) is 11.6 Å². The summed E-state index contributed by atoms with van der Waals surface area (Å²) in [5, 5.41) is 19.0. The number of nitro groups is 1. The van der Waals surface area contributed by atoms with Gasteiger partial charge in [0.1, 0.15) is 0 Å². The molecule has 0 aliphatic carbocycles. The van der Waals surface area contributed by atoms with Crippen molar-refractivity contribution in [3.63, 3.8) is 0 Å². The van der Waals surface area contributed by atoms with E-state index in [9.17, 15) is 14.5 Å². The van der Waals surface area contributed by atoms with E-state index in [1.54, 1.807) is 0 Å². The highest BCUT2D eigenvalue weighted by Gasteiger charge is 2.20. The first kappa shape index (κ1) is 10.6. The number of aliphatic hydroxyl groups is 1. The van der Waals surface area contributed by atoms with E-state index in [1.165, 1.54) is 12.1 Å². The van der Waals surface area contributed by atoms with Crippen LogP contribution in [0.2, 0.25) is 0 Å². The van der Waals surface area contributed by atoms with Gasteiger partial charge < -0.3 is 10.8 Å². The zero-order valence-electron chi connectivity index (χ0n) is 7.18. The molecule has 0 bridgehead atoms. The third kappa shape index (κ3) is 1.86. The van der Waals surface area contributed by atoms with E-state index >= 15 is 0 Å². The minimum absolute atomic E-state index is 0.0540. The summed E-state index contributed by atoms with van der Waals surface area (Å²) in [6.07, 6.45) is 0. The minimum atomic E-state index is -0.987. The predicted molar refractivity (Wildman–Crippen MR) is 47.1 cm³/mol. The number of nitro benzene ring substituents is 1. The van der Waals surface area contributed by atoms with Gasteiger partial charge in [-0.2, -0.15) is 4.39 Å². The molecule has 1 aromatic carbocycles. The highest BCUT2D eigenvalue weighted by molar-refractivity contribution is 5.38. The smallest absolute Gasteiger partial charge is 0.305 e. The second-order valence-electron chi connectivity index (χ2n) is 2.73. The SMILES string of the molecule is NC(CO)c1cccc([N+](=O)[O-])c1F. The van der Waals surface area contributed by atoms with Crippen molar-refractivity contribution in [3.8, 4) is 0 Å². The van der Waals surface area contributed by atoms with E-state index < -0.39 is 29.1 Å². The number of aliphatic hydroxyl groups excluding tert-OH is 1. The molecule has 0 fully saturated rings. The molecule has 1 rings (SSSR count). The molecule has 1 aromatic rings. The molecule has 3 N–H and O–H groups in total. The lowest BCUT2D eigenvalue weighted by Gasteiger charge is -2.08. The number of nitrogens with zero attached hydrogens (tertiary/aromatic N) is 1. The first-order valence-corrected chi connectivity index (χ1v) is 3.87. The molecule has 0 amide bonds. The summed E-state index contributed by atoms with van der Waals surface area (Å²) in [4.78, 5) is 9.52. The Morgan fingerprint density at radius 1 is 1.64 bits per heavy atom. The van der Waals surface area contributed by atoms with E-state index in [1.807, 2.05) is 0 Å². The fourth-order valence-corrected chi connectivity index (χ4v) is 1.06. The van der Waals surface area contributed by atoms with E-state index in [0.29, 0.717) is 0 Å². The molecule has 0 saturated heterocycles. The van der Waals surface area contributed by atoms with Gasteiger partial charge in [0, 0.05) is 11.6 Å². The summed E-state index contributed by atoms with van der Waals surface area (Å²) in [6.45, 7) is -0.460. The average molecular weight is 200 g/mol. The zero-order valence-corrected chi connectivity index (χ0v) is 7.18. The second kappa shape index (κ2) is 4.12. The summed E-state index contributed by atoms with van der Waals surface area (Å²) in [6, 6.07) is 2.74. The number of hydrogen-bond acceptors (Lipinski definition) is 4. The molecule has 1 atom stereocenters. The number of benzene rings is 1. The van der Waals surface area contributed by atoms with Crippen molar-refractivity contribution in [1.29, 1.82) is 0 Å². The van der Waals surface area contributed by atoms with Crippen molar-refractivity contribution in [2.45, 2.75) is 6.04 Å². The number of hydrogen-bond donors (Lipinski definition) is 2. The van der Waals surface area contributed by atoms with Crippen molar-refractivity contribution in [2.75, 3.05) is 6.61 Å². The van der Waals surface area contributed by atoms with Gasteiger partial charge in [0.15, 0.2) is 0 Å². The van der Waals surface area contributed by atoms with Crippen LogP contribution in [0.3, 0.4) is 0 Å². The fourth-order valence-electron chi connectivity index (χ4n) is 1.06. The van der Waals surface area contributed by atoms with Gasteiger partial charge in [-0.05, 0) is 0 Å².